The summed E-state index contributed by atoms with van der Waals surface area (Å²) >= 11 is 0. The highest BCUT2D eigenvalue weighted by atomic mass is 16.4. The summed E-state index contributed by atoms with van der Waals surface area (Å²) in [6.07, 6.45) is 13.2. The first kappa shape index (κ1) is 24.4. The normalized spacial score (nSPS) is 29.3. The largest absolute Gasteiger partial charge is 0.481 e. The summed E-state index contributed by atoms with van der Waals surface area (Å²) in [5.74, 6) is 0.762. The van der Waals surface area contributed by atoms with Gasteiger partial charge >= 0.3 is 5.97 Å². The van der Waals surface area contributed by atoms with Crippen molar-refractivity contribution in [2.45, 2.75) is 110 Å². The van der Waals surface area contributed by atoms with Gasteiger partial charge < -0.3 is 15.5 Å². The van der Waals surface area contributed by atoms with Crippen molar-refractivity contribution in [3.8, 4) is 0 Å². The molecule has 1 heterocycles. The monoisotopic (exact) mass is 407 g/mol. The van der Waals surface area contributed by atoms with Gasteiger partial charge in [0, 0.05) is 12.1 Å². The van der Waals surface area contributed by atoms with Crippen LogP contribution in [0.5, 0.6) is 0 Å². The Kier molecular flexibility index (Phi) is 9.68. The molecule has 1 saturated carbocycles. The molecular weight excluding hydrogens is 362 g/mol. The van der Waals surface area contributed by atoms with Gasteiger partial charge in [0.2, 0.25) is 0 Å². The van der Waals surface area contributed by atoms with Gasteiger partial charge in [0.1, 0.15) is 0 Å². The number of carboxylic acids is 1. The molecule has 1 aliphatic heterocycles. The highest BCUT2D eigenvalue weighted by molar-refractivity contribution is 5.70. The topological polar surface area (TPSA) is 69.6 Å². The van der Waals surface area contributed by atoms with E-state index in [1.165, 1.54) is 0 Å². The molecule has 0 aromatic carbocycles. The Bertz CT molecular complexity index is 530. The first-order chi connectivity index (χ1) is 13.7. The van der Waals surface area contributed by atoms with E-state index in [9.17, 15) is 15.0 Å². The standard InChI is InChI=1S/C25H45NO3/c1-18(2)6-5-7-23(27)16-22-11-10-21(24(28)29)17-26-25(22)14-12-20(13-15-25)9-8-19(3)4/h9,18-19,21-23,26-27H,5-8,10-17H2,1-4H3,(H,28,29). The maximum Gasteiger partial charge on any atom is 0.307 e. The molecule has 2 fully saturated rings. The summed E-state index contributed by atoms with van der Waals surface area (Å²) in [5, 5.41) is 24.0. The van der Waals surface area contributed by atoms with Crippen LogP contribution in [0.4, 0.5) is 0 Å². The molecule has 2 rings (SSSR count). The predicted octanol–water partition coefficient (Wildman–Crippen LogP) is 5.55. The van der Waals surface area contributed by atoms with Gasteiger partial charge in [-0.05, 0) is 75.5 Å². The molecule has 2 aliphatic rings. The molecule has 0 bridgehead atoms. The summed E-state index contributed by atoms with van der Waals surface area (Å²) < 4.78 is 0. The minimum absolute atomic E-state index is 0.00159. The zero-order valence-electron chi connectivity index (χ0n) is 19.3. The second-order valence-electron chi connectivity index (χ2n) is 10.6. The van der Waals surface area contributed by atoms with E-state index in [1.807, 2.05) is 0 Å². The molecule has 168 valence electrons. The third-order valence-corrected chi connectivity index (χ3v) is 7.23. The molecule has 0 amide bonds. The summed E-state index contributed by atoms with van der Waals surface area (Å²) in [7, 11) is 0. The van der Waals surface area contributed by atoms with Gasteiger partial charge in [0.25, 0.3) is 0 Å². The molecule has 3 atom stereocenters. The SMILES string of the molecule is CC(C)CC=C1CCC2(CC1)NCC(C(=O)O)CCC2CC(O)CCCC(C)C. The lowest BCUT2D eigenvalue weighted by Gasteiger charge is -2.45. The number of carbonyl (C=O) groups is 1. The Labute approximate surface area is 178 Å². The van der Waals surface area contributed by atoms with Gasteiger partial charge in [-0.2, -0.15) is 0 Å². The van der Waals surface area contributed by atoms with E-state index in [0.717, 1.165) is 70.6 Å². The van der Waals surface area contributed by atoms with Crippen LogP contribution in [0.1, 0.15) is 98.3 Å². The average Bonchev–Trinajstić information content (AvgIpc) is 2.81. The number of hydrogen-bond donors (Lipinski definition) is 3. The van der Waals surface area contributed by atoms with Crippen LogP contribution < -0.4 is 5.32 Å². The molecule has 3 unspecified atom stereocenters. The summed E-state index contributed by atoms with van der Waals surface area (Å²) in [6, 6.07) is 0. The van der Waals surface area contributed by atoms with Crippen LogP contribution in [-0.2, 0) is 4.79 Å². The van der Waals surface area contributed by atoms with Crippen LogP contribution in [0.2, 0.25) is 0 Å². The van der Waals surface area contributed by atoms with Crippen LogP contribution in [0.3, 0.4) is 0 Å². The van der Waals surface area contributed by atoms with Crippen LogP contribution in [0.15, 0.2) is 11.6 Å². The van der Waals surface area contributed by atoms with Crippen molar-refractivity contribution in [1.82, 2.24) is 5.32 Å². The minimum Gasteiger partial charge on any atom is -0.481 e. The van der Waals surface area contributed by atoms with E-state index in [1.54, 1.807) is 5.57 Å². The summed E-state index contributed by atoms with van der Waals surface area (Å²) in [6.45, 7) is 9.55. The molecule has 0 radical (unpaired) electrons. The highest BCUT2D eigenvalue weighted by Gasteiger charge is 2.43. The summed E-state index contributed by atoms with van der Waals surface area (Å²) in [5.41, 5.74) is 1.57. The molecule has 4 nitrogen and oxygen atoms in total. The lowest BCUT2D eigenvalue weighted by Crippen LogP contribution is -2.53. The van der Waals surface area contributed by atoms with Crippen molar-refractivity contribution >= 4 is 5.97 Å². The number of aliphatic carboxylic acids is 1. The lowest BCUT2D eigenvalue weighted by molar-refractivity contribution is -0.141. The molecule has 1 saturated heterocycles. The van der Waals surface area contributed by atoms with E-state index >= 15 is 0 Å². The Morgan fingerprint density at radius 2 is 1.83 bits per heavy atom. The smallest absolute Gasteiger partial charge is 0.307 e. The second-order valence-corrected chi connectivity index (χ2v) is 10.6. The van der Waals surface area contributed by atoms with E-state index in [0.29, 0.717) is 24.3 Å². The van der Waals surface area contributed by atoms with Crippen molar-refractivity contribution < 1.29 is 15.0 Å². The average molecular weight is 408 g/mol. The van der Waals surface area contributed by atoms with Gasteiger partial charge in [-0.25, -0.2) is 0 Å². The molecule has 0 aromatic heterocycles. The maximum atomic E-state index is 11.6. The Hall–Kier alpha value is -0.870. The Balaban J connectivity index is 2.04. The first-order valence-corrected chi connectivity index (χ1v) is 12.1. The van der Waals surface area contributed by atoms with Crippen LogP contribution in [0, 0.1) is 23.7 Å². The van der Waals surface area contributed by atoms with E-state index in [2.05, 4.69) is 39.1 Å². The third kappa shape index (κ3) is 7.71. The zero-order chi connectivity index (χ0) is 21.4. The number of nitrogens with one attached hydrogen (secondary N) is 1. The predicted molar refractivity (Wildman–Crippen MR) is 120 cm³/mol. The number of allylic oxidation sites excluding steroid dienone is 2. The van der Waals surface area contributed by atoms with E-state index in [-0.39, 0.29) is 17.6 Å². The molecule has 3 N–H and O–H groups in total. The van der Waals surface area contributed by atoms with Crippen molar-refractivity contribution in [1.29, 1.82) is 0 Å². The maximum absolute atomic E-state index is 11.6. The molecule has 29 heavy (non-hydrogen) atoms. The Morgan fingerprint density at radius 1 is 1.14 bits per heavy atom. The number of carboxylic acid groups (broad SMARTS) is 1. The fourth-order valence-corrected chi connectivity index (χ4v) is 5.22. The van der Waals surface area contributed by atoms with Crippen molar-refractivity contribution in [3.63, 3.8) is 0 Å². The highest BCUT2D eigenvalue weighted by Crippen LogP contribution is 2.43. The van der Waals surface area contributed by atoms with Gasteiger partial charge in [-0.15, -0.1) is 0 Å². The van der Waals surface area contributed by atoms with Gasteiger partial charge in [-0.3, -0.25) is 4.79 Å². The van der Waals surface area contributed by atoms with Crippen LogP contribution >= 0.6 is 0 Å². The third-order valence-electron chi connectivity index (χ3n) is 7.23. The number of aliphatic hydroxyl groups is 1. The molecule has 0 aromatic rings. The fraction of sp³-hybridized carbons (Fsp3) is 0.880. The molecule has 1 aliphatic carbocycles. The van der Waals surface area contributed by atoms with E-state index in [4.69, 9.17) is 0 Å². The first-order valence-electron chi connectivity index (χ1n) is 12.1. The van der Waals surface area contributed by atoms with Crippen molar-refractivity contribution in [2.24, 2.45) is 23.7 Å². The summed E-state index contributed by atoms with van der Waals surface area (Å²) in [4.78, 5) is 11.6. The van der Waals surface area contributed by atoms with Gasteiger partial charge in [-0.1, -0.05) is 52.2 Å². The quantitative estimate of drug-likeness (QED) is 0.438. The number of hydrogen-bond acceptors (Lipinski definition) is 3. The van der Waals surface area contributed by atoms with Crippen molar-refractivity contribution in [2.75, 3.05) is 6.54 Å². The molecular formula is C25H45NO3. The lowest BCUT2D eigenvalue weighted by atomic mass is 9.68. The van der Waals surface area contributed by atoms with Crippen LogP contribution in [0.25, 0.3) is 0 Å². The second kappa shape index (κ2) is 11.5. The number of rotatable bonds is 9. The van der Waals surface area contributed by atoms with Gasteiger partial charge in [0.05, 0.1) is 12.0 Å². The fourth-order valence-electron chi connectivity index (χ4n) is 5.22. The van der Waals surface area contributed by atoms with E-state index < -0.39 is 5.97 Å². The number of aliphatic hydroxyl groups excluding tert-OH is 1. The van der Waals surface area contributed by atoms with Gasteiger partial charge in [0.15, 0.2) is 0 Å². The molecule has 4 heteroatoms. The minimum atomic E-state index is -0.681. The van der Waals surface area contributed by atoms with Crippen LogP contribution in [-0.4, -0.2) is 34.4 Å². The van der Waals surface area contributed by atoms with Crippen molar-refractivity contribution in [3.05, 3.63) is 11.6 Å². The zero-order valence-corrected chi connectivity index (χ0v) is 19.3. The molecule has 1 spiro atoms. The Morgan fingerprint density at radius 3 is 2.41 bits per heavy atom.